The van der Waals surface area contributed by atoms with Crippen LogP contribution in [0.2, 0.25) is 5.02 Å². The Labute approximate surface area is 210 Å². The summed E-state index contributed by atoms with van der Waals surface area (Å²) in [6.45, 7) is 0.197. The van der Waals surface area contributed by atoms with Gasteiger partial charge in [0, 0.05) is 32.0 Å². The Hall–Kier alpha value is -3.61. The van der Waals surface area contributed by atoms with Crippen molar-refractivity contribution in [2.75, 3.05) is 12.4 Å². The molecule has 0 radical (unpaired) electrons. The normalized spacial score (nSPS) is 11.1. The smallest absolute Gasteiger partial charge is 0.351 e. The van der Waals surface area contributed by atoms with Crippen LogP contribution in [0, 0.1) is 0 Å². The van der Waals surface area contributed by atoms with Gasteiger partial charge in [0.25, 0.3) is 0 Å². The van der Waals surface area contributed by atoms with E-state index in [4.69, 9.17) is 25.7 Å². The predicted octanol–water partition coefficient (Wildman–Crippen LogP) is 7.00. The van der Waals surface area contributed by atoms with Gasteiger partial charge in [-0.3, -0.25) is 0 Å². The lowest BCUT2D eigenvalue weighted by molar-refractivity contribution is 0.0501. The molecular formula is C28H20ClNO4S. The van der Waals surface area contributed by atoms with Crippen LogP contribution in [-0.2, 0) is 4.74 Å². The molecule has 0 N–H and O–H groups in total. The second kappa shape index (κ2) is 10.3. The number of benzene rings is 3. The number of nitrogens with zero attached hydrogens (tertiary/aromatic N) is 1. The molecule has 0 unspecified atom stereocenters. The first-order valence-corrected chi connectivity index (χ1v) is 12.4. The first-order chi connectivity index (χ1) is 17.1. The molecule has 0 aliphatic heterocycles. The van der Waals surface area contributed by atoms with E-state index in [0.717, 1.165) is 32.8 Å². The molecule has 5 aromatic rings. The Kier molecular flexibility index (Phi) is 6.84. The fourth-order valence-electron chi connectivity index (χ4n) is 3.75. The number of aromatic nitrogens is 1. The maximum atomic E-state index is 12.4. The van der Waals surface area contributed by atoms with Gasteiger partial charge >= 0.3 is 11.6 Å². The number of fused-ring (bicyclic) bond motifs is 2. The first kappa shape index (κ1) is 23.1. The molecule has 2 aromatic heterocycles. The van der Waals surface area contributed by atoms with Gasteiger partial charge in [0.15, 0.2) is 0 Å². The summed E-state index contributed by atoms with van der Waals surface area (Å²) in [7, 11) is 0. The molecular weight excluding hydrogens is 482 g/mol. The van der Waals surface area contributed by atoms with Crippen LogP contribution in [0.4, 0.5) is 0 Å². The highest BCUT2D eigenvalue weighted by atomic mass is 35.5. The van der Waals surface area contributed by atoms with Crippen molar-refractivity contribution >= 4 is 51.2 Å². The van der Waals surface area contributed by atoms with Crippen molar-refractivity contribution in [2.45, 2.75) is 11.3 Å². The fourth-order valence-corrected chi connectivity index (χ4v) is 4.94. The lowest BCUT2D eigenvalue weighted by Crippen LogP contribution is -2.17. The molecule has 0 amide bonds. The van der Waals surface area contributed by atoms with Crippen molar-refractivity contribution in [1.82, 2.24) is 4.98 Å². The first-order valence-electron chi connectivity index (χ1n) is 11.1. The second-order valence-electron chi connectivity index (χ2n) is 7.86. The fraction of sp³-hybridized carbons (Fsp3) is 0.107. The largest absolute Gasteiger partial charge is 0.462 e. The summed E-state index contributed by atoms with van der Waals surface area (Å²) in [5.41, 5.74) is 2.35. The number of carbonyl (C=O) groups excluding carboxylic acids is 1. The minimum atomic E-state index is -0.695. The zero-order valence-corrected chi connectivity index (χ0v) is 20.1. The maximum absolute atomic E-state index is 12.4. The van der Waals surface area contributed by atoms with E-state index in [9.17, 15) is 9.59 Å². The molecule has 0 aliphatic carbocycles. The van der Waals surface area contributed by atoms with Crippen molar-refractivity contribution in [3.8, 4) is 11.3 Å². The molecule has 0 saturated carbocycles. The van der Waals surface area contributed by atoms with Crippen LogP contribution >= 0.6 is 23.4 Å². The van der Waals surface area contributed by atoms with E-state index in [1.165, 1.54) is 6.07 Å². The number of carbonyl (C=O) groups is 1. The van der Waals surface area contributed by atoms with E-state index in [2.05, 4.69) is 6.07 Å². The van der Waals surface area contributed by atoms with Gasteiger partial charge in [-0.25, -0.2) is 14.6 Å². The molecule has 0 bridgehead atoms. The molecule has 5 nitrogen and oxygen atoms in total. The quantitative estimate of drug-likeness (QED) is 0.103. The van der Waals surface area contributed by atoms with Crippen LogP contribution in [0.5, 0.6) is 0 Å². The SMILES string of the molecule is O=C(OCCCSc1cc(-c2cccc(Cl)c2)nc2ccccc12)c1cc2ccccc2oc1=O. The van der Waals surface area contributed by atoms with E-state index in [1.807, 2.05) is 54.6 Å². The number of pyridine rings is 1. The third-order valence-corrected chi connectivity index (χ3v) is 6.82. The summed E-state index contributed by atoms with van der Waals surface area (Å²) < 4.78 is 10.6. The number of para-hydroxylation sites is 2. The van der Waals surface area contributed by atoms with Gasteiger partial charge in [0.1, 0.15) is 11.1 Å². The van der Waals surface area contributed by atoms with E-state index in [1.54, 1.807) is 30.0 Å². The van der Waals surface area contributed by atoms with Crippen molar-refractivity contribution in [2.24, 2.45) is 0 Å². The van der Waals surface area contributed by atoms with Crippen LogP contribution in [-0.4, -0.2) is 23.3 Å². The Morgan fingerprint density at radius 1 is 0.971 bits per heavy atom. The second-order valence-corrected chi connectivity index (χ2v) is 9.43. The van der Waals surface area contributed by atoms with E-state index < -0.39 is 11.6 Å². The third-order valence-electron chi connectivity index (χ3n) is 5.44. The topological polar surface area (TPSA) is 69.4 Å². The Balaban J connectivity index is 1.25. The van der Waals surface area contributed by atoms with Crippen LogP contribution in [0.25, 0.3) is 33.1 Å². The van der Waals surface area contributed by atoms with Gasteiger partial charge in [-0.15, -0.1) is 11.8 Å². The van der Waals surface area contributed by atoms with E-state index in [0.29, 0.717) is 22.4 Å². The van der Waals surface area contributed by atoms with Crippen molar-refractivity contribution in [1.29, 1.82) is 0 Å². The summed E-state index contributed by atoms with van der Waals surface area (Å²) in [5.74, 6) is 0.0508. The Bertz CT molecular complexity index is 1600. The molecule has 7 heteroatoms. The average Bonchev–Trinajstić information content (AvgIpc) is 2.87. The van der Waals surface area contributed by atoms with Crippen molar-refractivity contribution in [3.63, 3.8) is 0 Å². The highest BCUT2D eigenvalue weighted by Gasteiger charge is 2.15. The minimum Gasteiger partial charge on any atom is -0.462 e. The highest BCUT2D eigenvalue weighted by Crippen LogP contribution is 2.32. The van der Waals surface area contributed by atoms with Gasteiger partial charge in [-0.2, -0.15) is 0 Å². The highest BCUT2D eigenvalue weighted by molar-refractivity contribution is 7.99. The standard InChI is InChI=1S/C28H20ClNO4S/c29-20-9-5-8-18(15-20)24-17-26(21-10-2-3-11-23(21)30-24)35-14-6-13-33-27(31)22-16-19-7-1-4-12-25(19)34-28(22)32/h1-5,7-12,15-17H,6,13-14H2. The Morgan fingerprint density at radius 2 is 1.80 bits per heavy atom. The van der Waals surface area contributed by atoms with Crippen LogP contribution in [0.15, 0.2) is 99.0 Å². The van der Waals surface area contributed by atoms with Crippen LogP contribution in [0.1, 0.15) is 16.8 Å². The molecule has 5 rings (SSSR count). The van der Waals surface area contributed by atoms with Crippen molar-refractivity contribution in [3.05, 3.63) is 106 Å². The van der Waals surface area contributed by atoms with Crippen LogP contribution < -0.4 is 5.63 Å². The number of ether oxygens (including phenoxy) is 1. The summed E-state index contributed by atoms with van der Waals surface area (Å²) in [6.07, 6.45) is 0.623. The molecule has 3 aromatic carbocycles. The number of esters is 1. The zero-order valence-electron chi connectivity index (χ0n) is 18.6. The molecule has 0 atom stereocenters. The number of rotatable bonds is 7. The maximum Gasteiger partial charge on any atom is 0.351 e. The summed E-state index contributed by atoms with van der Waals surface area (Å²) >= 11 is 7.85. The minimum absolute atomic E-state index is 0.0948. The van der Waals surface area contributed by atoms with Gasteiger partial charge < -0.3 is 9.15 Å². The van der Waals surface area contributed by atoms with E-state index in [-0.39, 0.29) is 12.2 Å². The molecule has 2 heterocycles. The monoisotopic (exact) mass is 501 g/mol. The third kappa shape index (κ3) is 5.24. The average molecular weight is 502 g/mol. The molecule has 0 saturated heterocycles. The summed E-state index contributed by atoms with van der Waals surface area (Å²) in [6, 6.07) is 26.2. The lowest BCUT2D eigenvalue weighted by Gasteiger charge is -2.10. The lowest BCUT2D eigenvalue weighted by atomic mass is 10.1. The number of halogens is 1. The van der Waals surface area contributed by atoms with Crippen LogP contribution in [0.3, 0.4) is 0 Å². The molecule has 35 heavy (non-hydrogen) atoms. The number of hydrogen-bond acceptors (Lipinski definition) is 6. The zero-order chi connectivity index (χ0) is 24.2. The van der Waals surface area contributed by atoms with Gasteiger partial charge in [-0.05, 0) is 42.8 Å². The van der Waals surface area contributed by atoms with Gasteiger partial charge in [-0.1, -0.05) is 60.1 Å². The Morgan fingerprint density at radius 3 is 2.69 bits per heavy atom. The van der Waals surface area contributed by atoms with Gasteiger partial charge in [0.05, 0.1) is 17.8 Å². The number of thioether (sulfide) groups is 1. The predicted molar refractivity (Wildman–Crippen MR) is 140 cm³/mol. The molecule has 174 valence electrons. The molecule has 0 spiro atoms. The van der Waals surface area contributed by atoms with Gasteiger partial charge in [0.2, 0.25) is 0 Å². The summed E-state index contributed by atoms with van der Waals surface area (Å²) in [4.78, 5) is 30.5. The summed E-state index contributed by atoms with van der Waals surface area (Å²) in [5, 5.41) is 2.40. The molecule has 0 fully saturated rings. The molecule has 0 aliphatic rings. The van der Waals surface area contributed by atoms with Crippen molar-refractivity contribution < 1.29 is 13.9 Å². The number of hydrogen-bond donors (Lipinski definition) is 0. The van der Waals surface area contributed by atoms with E-state index >= 15 is 0 Å².